The first-order valence-electron chi connectivity index (χ1n) is 3.94. The van der Waals surface area contributed by atoms with E-state index in [9.17, 15) is 9.90 Å². The second-order valence-corrected chi connectivity index (χ2v) is 2.85. The van der Waals surface area contributed by atoms with Crippen molar-refractivity contribution in [1.82, 2.24) is 0 Å². The Bertz CT molecular complexity index is 243. The molecule has 0 aliphatic heterocycles. The van der Waals surface area contributed by atoms with Gasteiger partial charge in [0.1, 0.15) is 6.29 Å². The van der Waals surface area contributed by atoms with Gasteiger partial charge < -0.3 is 9.90 Å². The fourth-order valence-electron chi connectivity index (χ4n) is 1.03. The van der Waals surface area contributed by atoms with E-state index < -0.39 is 6.10 Å². The van der Waals surface area contributed by atoms with Crippen LogP contribution < -0.4 is 0 Å². The van der Waals surface area contributed by atoms with Crippen molar-refractivity contribution >= 4 is 6.29 Å². The number of aliphatic hydroxyl groups is 1. The fraction of sp³-hybridized carbons (Fsp3) is 0.300. The number of hydrogen-bond donors (Lipinski definition) is 1. The third-order valence-electron chi connectivity index (χ3n) is 1.85. The molecule has 0 fully saturated rings. The molecule has 0 radical (unpaired) electrons. The standard InChI is InChI=1S/C10H12O2/c1-8(7-11)10(12)9-5-3-2-4-6-9/h2-8,10,12H,1H3/t8-,10?/m0/s1. The maximum atomic E-state index is 10.4. The Labute approximate surface area is 71.8 Å². The summed E-state index contributed by atoms with van der Waals surface area (Å²) in [4.78, 5) is 10.4. The molecule has 64 valence electrons. The number of carbonyl (C=O) groups is 1. The molecule has 0 heterocycles. The van der Waals surface area contributed by atoms with Crippen LogP contribution >= 0.6 is 0 Å². The third-order valence-corrected chi connectivity index (χ3v) is 1.85. The Morgan fingerprint density at radius 2 is 1.92 bits per heavy atom. The third kappa shape index (κ3) is 1.92. The minimum atomic E-state index is -0.677. The van der Waals surface area contributed by atoms with Crippen molar-refractivity contribution in [1.29, 1.82) is 0 Å². The van der Waals surface area contributed by atoms with Crippen LogP contribution in [0.15, 0.2) is 30.3 Å². The molecule has 12 heavy (non-hydrogen) atoms. The van der Waals surface area contributed by atoms with Crippen LogP contribution in [-0.4, -0.2) is 11.4 Å². The number of aldehydes is 1. The summed E-state index contributed by atoms with van der Waals surface area (Å²) in [6.45, 7) is 1.70. The van der Waals surface area contributed by atoms with Crippen LogP contribution in [0.3, 0.4) is 0 Å². The average Bonchev–Trinajstić information content (AvgIpc) is 2.17. The van der Waals surface area contributed by atoms with Crippen LogP contribution in [0.25, 0.3) is 0 Å². The van der Waals surface area contributed by atoms with E-state index in [-0.39, 0.29) is 5.92 Å². The molecule has 1 N–H and O–H groups in total. The lowest BCUT2D eigenvalue weighted by Gasteiger charge is -2.12. The van der Waals surface area contributed by atoms with Crippen LogP contribution in [0.4, 0.5) is 0 Å². The molecule has 1 aromatic rings. The zero-order chi connectivity index (χ0) is 8.97. The quantitative estimate of drug-likeness (QED) is 0.688. The molecule has 0 saturated heterocycles. The van der Waals surface area contributed by atoms with Gasteiger partial charge in [0.2, 0.25) is 0 Å². The van der Waals surface area contributed by atoms with E-state index in [1.54, 1.807) is 6.92 Å². The highest BCUT2D eigenvalue weighted by Gasteiger charge is 2.14. The highest BCUT2D eigenvalue weighted by molar-refractivity contribution is 5.54. The molecule has 0 bridgehead atoms. The van der Waals surface area contributed by atoms with E-state index in [0.717, 1.165) is 11.8 Å². The molecule has 2 atom stereocenters. The van der Waals surface area contributed by atoms with Crippen LogP contribution in [0, 0.1) is 5.92 Å². The molecule has 1 unspecified atom stereocenters. The van der Waals surface area contributed by atoms with Gasteiger partial charge in [-0.2, -0.15) is 0 Å². The van der Waals surface area contributed by atoms with Gasteiger partial charge in [-0.15, -0.1) is 0 Å². The summed E-state index contributed by atoms with van der Waals surface area (Å²) in [6, 6.07) is 9.18. The van der Waals surface area contributed by atoms with Crippen molar-refractivity contribution in [3.63, 3.8) is 0 Å². The normalized spacial score (nSPS) is 15.2. The Hall–Kier alpha value is -1.15. The topological polar surface area (TPSA) is 37.3 Å². The van der Waals surface area contributed by atoms with Crippen molar-refractivity contribution in [2.24, 2.45) is 5.92 Å². The molecule has 1 rings (SSSR count). The van der Waals surface area contributed by atoms with Crippen molar-refractivity contribution in [2.75, 3.05) is 0 Å². The van der Waals surface area contributed by atoms with Crippen LogP contribution in [0.2, 0.25) is 0 Å². The van der Waals surface area contributed by atoms with Gasteiger partial charge in [0.25, 0.3) is 0 Å². The Morgan fingerprint density at radius 3 is 2.42 bits per heavy atom. The van der Waals surface area contributed by atoms with Gasteiger partial charge in [-0.3, -0.25) is 0 Å². The molecule has 0 aliphatic carbocycles. The van der Waals surface area contributed by atoms with Crippen molar-refractivity contribution < 1.29 is 9.90 Å². The molecule has 0 saturated carbocycles. The predicted octanol–water partition coefficient (Wildman–Crippen LogP) is 1.55. The first-order valence-corrected chi connectivity index (χ1v) is 3.94. The number of carbonyl (C=O) groups excluding carboxylic acids is 1. The fourth-order valence-corrected chi connectivity index (χ4v) is 1.03. The number of benzene rings is 1. The van der Waals surface area contributed by atoms with E-state index in [1.807, 2.05) is 30.3 Å². The molecule has 0 aromatic heterocycles. The number of aliphatic hydroxyl groups excluding tert-OH is 1. The lowest BCUT2D eigenvalue weighted by molar-refractivity contribution is -0.113. The highest BCUT2D eigenvalue weighted by Crippen LogP contribution is 2.19. The van der Waals surface area contributed by atoms with Gasteiger partial charge in [0, 0.05) is 5.92 Å². The Balaban J connectivity index is 2.78. The van der Waals surface area contributed by atoms with E-state index in [0.29, 0.717) is 0 Å². The van der Waals surface area contributed by atoms with E-state index in [4.69, 9.17) is 0 Å². The van der Waals surface area contributed by atoms with Crippen molar-refractivity contribution in [3.05, 3.63) is 35.9 Å². The SMILES string of the molecule is C[C@@H](C=O)C(O)c1ccccc1. The summed E-state index contributed by atoms with van der Waals surface area (Å²) < 4.78 is 0. The first-order chi connectivity index (χ1) is 5.75. The van der Waals surface area contributed by atoms with Gasteiger partial charge in [-0.25, -0.2) is 0 Å². The van der Waals surface area contributed by atoms with Gasteiger partial charge in [-0.1, -0.05) is 37.3 Å². The Morgan fingerprint density at radius 1 is 1.33 bits per heavy atom. The summed E-state index contributed by atoms with van der Waals surface area (Å²) >= 11 is 0. The van der Waals surface area contributed by atoms with Gasteiger partial charge in [0.15, 0.2) is 0 Å². The second kappa shape index (κ2) is 4.02. The molecular weight excluding hydrogens is 152 g/mol. The van der Waals surface area contributed by atoms with Crippen molar-refractivity contribution in [2.45, 2.75) is 13.0 Å². The van der Waals surface area contributed by atoms with Crippen LogP contribution in [-0.2, 0) is 4.79 Å². The molecule has 0 spiro atoms. The summed E-state index contributed by atoms with van der Waals surface area (Å²) in [5.41, 5.74) is 0.789. The van der Waals surface area contributed by atoms with E-state index in [1.165, 1.54) is 0 Å². The maximum Gasteiger partial charge on any atom is 0.125 e. The van der Waals surface area contributed by atoms with E-state index in [2.05, 4.69) is 0 Å². The van der Waals surface area contributed by atoms with Gasteiger partial charge >= 0.3 is 0 Å². The summed E-state index contributed by atoms with van der Waals surface area (Å²) in [6.07, 6.45) is 0.0844. The summed E-state index contributed by atoms with van der Waals surface area (Å²) in [7, 11) is 0. The minimum absolute atomic E-state index is 0.340. The Kier molecular flexibility index (Phi) is 3.00. The first kappa shape index (κ1) is 8.94. The van der Waals surface area contributed by atoms with E-state index >= 15 is 0 Å². The molecule has 0 aliphatic rings. The van der Waals surface area contributed by atoms with Crippen molar-refractivity contribution in [3.8, 4) is 0 Å². The summed E-state index contributed by atoms with van der Waals surface area (Å²) in [5, 5.41) is 9.56. The zero-order valence-electron chi connectivity index (χ0n) is 6.97. The molecule has 2 nitrogen and oxygen atoms in total. The number of rotatable bonds is 3. The highest BCUT2D eigenvalue weighted by atomic mass is 16.3. The average molecular weight is 164 g/mol. The zero-order valence-corrected chi connectivity index (χ0v) is 6.97. The molecule has 1 aromatic carbocycles. The monoisotopic (exact) mass is 164 g/mol. The smallest absolute Gasteiger partial charge is 0.125 e. The minimum Gasteiger partial charge on any atom is -0.388 e. The van der Waals surface area contributed by atoms with Gasteiger partial charge in [-0.05, 0) is 5.56 Å². The maximum absolute atomic E-state index is 10.4. The van der Waals surface area contributed by atoms with Crippen LogP contribution in [0.1, 0.15) is 18.6 Å². The largest absolute Gasteiger partial charge is 0.388 e. The lowest BCUT2D eigenvalue weighted by Crippen LogP contribution is -2.09. The molecular formula is C10H12O2. The lowest BCUT2D eigenvalue weighted by atomic mass is 9.99. The predicted molar refractivity (Wildman–Crippen MR) is 46.6 cm³/mol. The molecule has 2 heteroatoms. The molecule has 0 amide bonds. The van der Waals surface area contributed by atoms with Crippen LogP contribution in [0.5, 0.6) is 0 Å². The van der Waals surface area contributed by atoms with Gasteiger partial charge in [0.05, 0.1) is 6.10 Å². The second-order valence-electron chi connectivity index (χ2n) is 2.85. The number of hydrogen-bond acceptors (Lipinski definition) is 2. The summed E-state index contributed by atoms with van der Waals surface area (Å²) in [5.74, 6) is -0.340.